The minimum Gasteiger partial charge on any atom is -0.486 e. The van der Waals surface area contributed by atoms with Crippen molar-refractivity contribution in [2.24, 2.45) is 0 Å². The number of rotatable bonds is 10. The highest BCUT2D eigenvalue weighted by atomic mass is 32.2. The van der Waals surface area contributed by atoms with Crippen LogP contribution in [0, 0.1) is 0 Å². The Balaban J connectivity index is 1.58. The van der Waals surface area contributed by atoms with Gasteiger partial charge in [-0.2, -0.15) is 13.2 Å². The molecule has 11 heteroatoms. The maximum absolute atomic E-state index is 13.0. The van der Waals surface area contributed by atoms with Gasteiger partial charge in [0, 0.05) is 6.54 Å². The normalized spacial score (nSPS) is 11.6. The molecule has 0 aliphatic heterocycles. The lowest BCUT2D eigenvalue weighted by molar-refractivity contribution is -0.160. The summed E-state index contributed by atoms with van der Waals surface area (Å²) in [6.45, 7) is 2.75. The van der Waals surface area contributed by atoms with E-state index in [-0.39, 0.29) is 24.1 Å². The number of aromatic nitrogens is 3. The molecule has 0 spiro atoms. The maximum Gasteiger partial charge on any atom is 0.406 e. The van der Waals surface area contributed by atoms with E-state index >= 15 is 0 Å². The molecule has 0 aliphatic carbocycles. The van der Waals surface area contributed by atoms with Gasteiger partial charge in [-0.3, -0.25) is 4.79 Å². The molecule has 0 unspecified atom stereocenters. The van der Waals surface area contributed by atoms with Crippen molar-refractivity contribution >= 4 is 17.7 Å². The first-order chi connectivity index (χ1) is 16.1. The van der Waals surface area contributed by atoms with Crippen LogP contribution in [0.2, 0.25) is 0 Å². The van der Waals surface area contributed by atoms with E-state index in [1.807, 2.05) is 24.3 Å². The Bertz CT molecular complexity index is 1070. The first-order valence-electron chi connectivity index (χ1n) is 10.6. The Morgan fingerprint density at radius 2 is 1.79 bits per heavy atom. The van der Waals surface area contributed by atoms with Crippen molar-refractivity contribution < 1.29 is 22.7 Å². The zero-order valence-electron chi connectivity index (χ0n) is 18.8. The third-order valence-corrected chi connectivity index (χ3v) is 5.84. The van der Waals surface area contributed by atoms with Gasteiger partial charge in [0.05, 0.1) is 5.75 Å². The monoisotopic (exact) mass is 493 g/mol. The minimum atomic E-state index is -4.51. The lowest BCUT2D eigenvalue weighted by Gasteiger charge is -2.24. The molecule has 182 valence electrons. The molecule has 34 heavy (non-hydrogen) atoms. The molecule has 0 atom stereocenters. The smallest absolute Gasteiger partial charge is 0.406 e. The van der Waals surface area contributed by atoms with E-state index in [1.165, 1.54) is 10.2 Å². The van der Waals surface area contributed by atoms with E-state index in [4.69, 9.17) is 10.6 Å². The molecule has 3 aromatic rings. The number of benzene rings is 2. The van der Waals surface area contributed by atoms with Crippen LogP contribution in [0.4, 0.5) is 13.2 Å². The molecule has 0 aliphatic rings. The van der Waals surface area contributed by atoms with E-state index in [9.17, 15) is 18.0 Å². The van der Waals surface area contributed by atoms with Crippen molar-refractivity contribution in [2.45, 2.75) is 44.2 Å². The van der Waals surface area contributed by atoms with Crippen LogP contribution in [0.5, 0.6) is 5.75 Å². The number of alkyl halides is 3. The van der Waals surface area contributed by atoms with E-state index in [1.54, 1.807) is 30.3 Å². The number of carbonyl (C=O) groups excluding carboxylic acids is 1. The number of hydrogen-bond acceptors (Lipinski definition) is 6. The van der Waals surface area contributed by atoms with Crippen molar-refractivity contribution in [1.29, 1.82) is 0 Å². The van der Waals surface area contributed by atoms with Crippen molar-refractivity contribution in [3.8, 4) is 5.75 Å². The van der Waals surface area contributed by atoms with Gasteiger partial charge in [-0.1, -0.05) is 68.1 Å². The molecule has 0 radical (unpaired) electrons. The Morgan fingerprint density at radius 1 is 1.12 bits per heavy atom. The Morgan fingerprint density at radius 3 is 2.41 bits per heavy atom. The molecule has 7 nitrogen and oxygen atoms in total. The van der Waals surface area contributed by atoms with Crippen LogP contribution in [-0.2, 0) is 17.9 Å². The second-order valence-corrected chi connectivity index (χ2v) is 8.86. The van der Waals surface area contributed by atoms with Gasteiger partial charge in [0.15, 0.2) is 5.82 Å². The van der Waals surface area contributed by atoms with E-state index in [0.29, 0.717) is 23.1 Å². The summed E-state index contributed by atoms with van der Waals surface area (Å²) >= 11 is 0.918. The first kappa shape index (κ1) is 25.4. The molecule has 2 aromatic carbocycles. The van der Waals surface area contributed by atoms with Gasteiger partial charge in [0.25, 0.3) is 0 Å². The molecule has 2 N–H and O–H groups in total. The first-order valence-corrected chi connectivity index (χ1v) is 11.5. The van der Waals surface area contributed by atoms with Crippen LogP contribution in [0.15, 0.2) is 59.8 Å². The van der Waals surface area contributed by atoms with Crippen LogP contribution >= 0.6 is 11.8 Å². The fourth-order valence-corrected chi connectivity index (χ4v) is 3.85. The van der Waals surface area contributed by atoms with Crippen LogP contribution in [0.1, 0.15) is 36.7 Å². The number of amides is 1. The van der Waals surface area contributed by atoms with Crippen molar-refractivity contribution in [3.05, 3.63) is 71.5 Å². The lowest BCUT2D eigenvalue weighted by Crippen LogP contribution is -2.39. The van der Waals surface area contributed by atoms with Gasteiger partial charge in [0.1, 0.15) is 18.9 Å². The highest BCUT2D eigenvalue weighted by Crippen LogP contribution is 2.22. The zero-order valence-corrected chi connectivity index (χ0v) is 19.6. The molecule has 0 bridgehead atoms. The molecular formula is C23H26F3N5O2S. The average molecular weight is 494 g/mol. The molecular weight excluding hydrogens is 467 g/mol. The Labute approximate surface area is 200 Å². The van der Waals surface area contributed by atoms with Crippen LogP contribution in [0.25, 0.3) is 0 Å². The topological polar surface area (TPSA) is 86.3 Å². The van der Waals surface area contributed by atoms with Gasteiger partial charge in [-0.15, -0.1) is 10.2 Å². The number of thioether (sulfide) groups is 1. The zero-order chi connectivity index (χ0) is 24.7. The van der Waals surface area contributed by atoms with Crippen LogP contribution < -0.4 is 10.6 Å². The molecule has 1 heterocycles. The quantitative estimate of drug-likeness (QED) is 0.333. The molecule has 0 fully saturated rings. The third kappa shape index (κ3) is 7.41. The number of nitrogen functional groups attached to an aromatic ring is 1. The molecule has 0 saturated heterocycles. The minimum absolute atomic E-state index is 0.0488. The fraction of sp³-hybridized carbons (Fsp3) is 0.348. The number of halogens is 3. The Hall–Kier alpha value is -3.21. The van der Waals surface area contributed by atoms with Gasteiger partial charge in [0.2, 0.25) is 11.1 Å². The maximum atomic E-state index is 13.0. The molecule has 0 saturated carbocycles. The van der Waals surface area contributed by atoms with E-state index in [2.05, 4.69) is 24.0 Å². The second kappa shape index (κ2) is 11.3. The SMILES string of the molecule is CC(C)c1ccc(OCc2nnc(SCC(=O)N(Cc3ccccc3)CC(F)(F)F)n2N)cc1. The number of hydrogen-bond donors (Lipinski definition) is 1. The fourth-order valence-electron chi connectivity index (χ4n) is 3.07. The molecule has 1 amide bonds. The van der Waals surface area contributed by atoms with Gasteiger partial charge in [-0.05, 0) is 29.2 Å². The summed E-state index contributed by atoms with van der Waals surface area (Å²) in [6, 6.07) is 16.2. The highest BCUT2D eigenvalue weighted by molar-refractivity contribution is 7.99. The predicted octanol–water partition coefficient (Wildman–Crippen LogP) is 4.38. The summed E-state index contributed by atoms with van der Waals surface area (Å²) in [5.74, 6) is 6.42. The average Bonchev–Trinajstić information content (AvgIpc) is 3.15. The van der Waals surface area contributed by atoms with Crippen molar-refractivity contribution in [1.82, 2.24) is 19.8 Å². The molecule has 1 aromatic heterocycles. The number of carbonyl (C=O) groups is 1. The number of ether oxygens (including phenoxy) is 1. The lowest BCUT2D eigenvalue weighted by atomic mass is 10.0. The number of nitrogens with two attached hydrogens (primary N) is 1. The molecule has 3 rings (SSSR count). The van der Waals surface area contributed by atoms with E-state index in [0.717, 1.165) is 16.7 Å². The summed E-state index contributed by atoms with van der Waals surface area (Å²) in [7, 11) is 0. The van der Waals surface area contributed by atoms with Gasteiger partial charge in [-0.25, -0.2) is 4.68 Å². The van der Waals surface area contributed by atoms with Crippen LogP contribution in [-0.4, -0.2) is 44.2 Å². The number of nitrogens with zero attached hydrogens (tertiary/aromatic N) is 4. The van der Waals surface area contributed by atoms with Crippen molar-refractivity contribution in [3.63, 3.8) is 0 Å². The largest absolute Gasteiger partial charge is 0.486 e. The standard InChI is InChI=1S/C23H26F3N5O2S/c1-16(2)18-8-10-19(11-9-18)33-13-20-28-29-22(31(20)27)34-14-21(32)30(15-23(24,25)26)12-17-6-4-3-5-7-17/h3-11,16H,12-15,27H2,1-2H3. The third-order valence-electron chi connectivity index (χ3n) is 4.91. The summed E-state index contributed by atoms with van der Waals surface area (Å²) in [5.41, 5.74) is 1.79. The van der Waals surface area contributed by atoms with Crippen LogP contribution in [0.3, 0.4) is 0 Å². The van der Waals surface area contributed by atoms with Crippen molar-refractivity contribution in [2.75, 3.05) is 18.1 Å². The predicted molar refractivity (Wildman–Crippen MR) is 124 cm³/mol. The summed E-state index contributed by atoms with van der Waals surface area (Å²) in [6.07, 6.45) is -4.51. The van der Waals surface area contributed by atoms with Gasteiger partial charge >= 0.3 is 6.18 Å². The highest BCUT2D eigenvalue weighted by Gasteiger charge is 2.33. The van der Waals surface area contributed by atoms with E-state index < -0.39 is 18.6 Å². The second-order valence-electron chi connectivity index (χ2n) is 7.92. The summed E-state index contributed by atoms with van der Waals surface area (Å²) < 4.78 is 45.9. The van der Waals surface area contributed by atoms with Gasteiger partial charge < -0.3 is 15.5 Å². The Kier molecular flexibility index (Phi) is 8.43. The summed E-state index contributed by atoms with van der Waals surface area (Å²) in [5, 5.41) is 8.10. The summed E-state index contributed by atoms with van der Waals surface area (Å²) in [4.78, 5) is 13.4.